The lowest BCUT2D eigenvalue weighted by Gasteiger charge is -2.32. The number of ether oxygens (including phenoxy) is 2. The monoisotopic (exact) mass is 417 g/mol. The number of rotatable bonds is 4. The molecular weight excluding hydrogens is 394 g/mol. The lowest BCUT2D eigenvalue weighted by molar-refractivity contribution is -0.118. The maximum absolute atomic E-state index is 12.9. The Kier molecular flexibility index (Phi) is 5.67. The van der Waals surface area contributed by atoms with Gasteiger partial charge in [-0.3, -0.25) is 9.59 Å². The van der Waals surface area contributed by atoms with Crippen LogP contribution >= 0.6 is 11.6 Å². The number of anilines is 1. The van der Waals surface area contributed by atoms with Crippen LogP contribution in [-0.4, -0.2) is 49.1 Å². The first-order valence-electron chi connectivity index (χ1n) is 9.83. The number of hydrogen-bond donors (Lipinski definition) is 2. The second kappa shape index (κ2) is 8.37. The van der Waals surface area contributed by atoms with E-state index in [-0.39, 0.29) is 24.5 Å². The minimum absolute atomic E-state index is 0.00285. The van der Waals surface area contributed by atoms with E-state index < -0.39 is 0 Å². The normalized spacial score (nSPS) is 21.8. The molecule has 7 nitrogen and oxygen atoms in total. The molecule has 1 fully saturated rings. The number of dihydropyridines is 1. The Morgan fingerprint density at radius 1 is 1.34 bits per heavy atom. The summed E-state index contributed by atoms with van der Waals surface area (Å²) >= 11 is 6.19. The van der Waals surface area contributed by atoms with Gasteiger partial charge in [0.2, 0.25) is 0 Å². The first-order valence-corrected chi connectivity index (χ1v) is 10.2. The van der Waals surface area contributed by atoms with Gasteiger partial charge in [-0.1, -0.05) is 17.7 Å². The number of nitrogens with one attached hydrogen (secondary N) is 2. The Morgan fingerprint density at radius 2 is 2.14 bits per heavy atom. The molecule has 1 aromatic rings. The minimum atomic E-state index is -0.212. The molecule has 0 bridgehead atoms. The second-order valence-corrected chi connectivity index (χ2v) is 7.94. The quantitative estimate of drug-likeness (QED) is 0.736. The van der Waals surface area contributed by atoms with Gasteiger partial charge in [0, 0.05) is 24.7 Å². The molecule has 3 heterocycles. The van der Waals surface area contributed by atoms with Crippen LogP contribution in [0, 0.1) is 5.92 Å². The highest BCUT2D eigenvalue weighted by Crippen LogP contribution is 2.29. The van der Waals surface area contributed by atoms with Gasteiger partial charge in [0.25, 0.3) is 11.8 Å². The van der Waals surface area contributed by atoms with Crippen molar-refractivity contribution in [3.8, 4) is 5.75 Å². The van der Waals surface area contributed by atoms with Crippen molar-refractivity contribution in [3.05, 3.63) is 46.8 Å². The molecule has 0 aliphatic carbocycles. The molecule has 1 saturated heterocycles. The van der Waals surface area contributed by atoms with Crippen LogP contribution in [0.5, 0.6) is 5.75 Å². The first-order chi connectivity index (χ1) is 14.0. The standard InChI is InChI=1S/C21H24ClN3O4/c1-13-2-4-18(20(22)23-13)28-11-14-6-8-25(9-7-14)21(27)15-3-5-17-16(10-15)24-19(26)12-29-17/h2-5,10,13-14,23H,6-9,11-12H2,1H3,(H,24,26). The largest absolute Gasteiger partial charge is 0.490 e. The maximum Gasteiger partial charge on any atom is 0.262 e. The van der Waals surface area contributed by atoms with Gasteiger partial charge in [-0.05, 0) is 50.0 Å². The van der Waals surface area contributed by atoms with Crippen LogP contribution in [0.1, 0.15) is 30.1 Å². The van der Waals surface area contributed by atoms with Crippen molar-refractivity contribution in [3.63, 3.8) is 0 Å². The van der Waals surface area contributed by atoms with Gasteiger partial charge in [0.15, 0.2) is 12.4 Å². The van der Waals surface area contributed by atoms with Gasteiger partial charge in [0.1, 0.15) is 10.9 Å². The number of allylic oxidation sites excluding steroid dienone is 1. The molecule has 3 aliphatic rings. The fraction of sp³-hybridized carbons (Fsp3) is 0.429. The lowest BCUT2D eigenvalue weighted by atomic mass is 9.97. The van der Waals surface area contributed by atoms with E-state index in [1.54, 1.807) is 18.2 Å². The summed E-state index contributed by atoms with van der Waals surface area (Å²) in [6.45, 7) is 3.94. The van der Waals surface area contributed by atoms with Crippen molar-refractivity contribution in [2.75, 3.05) is 31.6 Å². The van der Waals surface area contributed by atoms with Crippen molar-refractivity contribution in [1.29, 1.82) is 0 Å². The molecular formula is C21H24ClN3O4. The third kappa shape index (κ3) is 4.50. The van der Waals surface area contributed by atoms with Crippen LogP contribution < -0.4 is 15.4 Å². The van der Waals surface area contributed by atoms with E-state index in [9.17, 15) is 9.59 Å². The number of carbonyl (C=O) groups is 2. The summed E-state index contributed by atoms with van der Waals surface area (Å²) in [5.41, 5.74) is 1.10. The smallest absolute Gasteiger partial charge is 0.262 e. The number of halogens is 1. The minimum Gasteiger partial charge on any atom is -0.490 e. The number of piperidine rings is 1. The number of amides is 2. The summed E-state index contributed by atoms with van der Waals surface area (Å²) in [4.78, 5) is 26.2. The Hall–Kier alpha value is -2.67. The van der Waals surface area contributed by atoms with Gasteiger partial charge in [-0.25, -0.2) is 0 Å². The van der Waals surface area contributed by atoms with Crippen molar-refractivity contribution in [1.82, 2.24) is 10.2 Å². The third-order valence-electron chi connectivity index (χ3n) is 5.34. The zero-order valence-corrected chi connectivity index (χ0v) is 17.0. The highest BCUT2D eigenvalue weighted by molar-refractivity contribution is 6.29. The van der Waals surface area contributed by atoms with E-state index in [0.29, 0.717) is 53.5 Å². The summed E-state index contributed by atoms with van der Waals surface area (Å²) in [7, 11) is 0. The Balaban J connectivity index is 1.30. The van der Waals surface area contributed by atoms with Gasteiger partial charge in [-0.15, -0.1) is 0 Å². The molecule has 2 N–H and O–H groups in total. The molecule has 2 amide bonds. The summed E-state index contributed by atoms with van der Waals surface area (Å²) in [6, 6.07) is 5.35. The summed E-state index contributed by atoms with van der Waals surface area (Å²) in [5, 5.41) is 6.41. The number of hydrogen-bond acceptors (Lipinski definition) is 5. The fourth-order valence-electron chi connectivity index (χ4n) is 3.64. The number of carbonyl (C=O) groups excluding carboxylic acids is 2. The first kappa shape index (κ1) is 19.6. The molecule has 1 aromatic carbocycles. The van der Waals surface area contributed by atoms with E-state index in [0.717, 1.165) is 12.8 Å². The average molecular weight is 418 g/mol. The van der Waals surface area contributed by atoms with Gasteiger partial charge in [-0.2, -0.15) is 0 Å². The Morgan fingerprint density at radius 3 is 2.90 bits per heavy atom. The lowest BCUT2D eigenvalue weighted by Crippen LogP contribution is -2.39. The number of fused-ring (bicyclic) bond motifs is 1. The number of benzene rings is 1. The van der Waals surface area contributed by atoms with Crippen LogP contribution in [0.15, 0.2) is 41.3 Å². The van der Waals surface area contributed by atoms with Gasteiger partial charge < -0.3 is 25.0 Å². The van der Waals surface area contributed by atoms with E-state index in [4.69, 9.17) is 21.1 Å². The van der Waals surface area contributed by atoms with Gasteiger partial charge in [0.05, 0.1) is 12.3 Å². The van der Waals surface area contributed by atoms with Gasteiger partial charge >= 0.3 is 0 Å². The molecule has 4 rings (SSSR count). The van der Waals surface area contributed by atoms with Crippen LogP contribution in [-0.2, 0) is 9.53 Å². The highest BCUT2D eigenvalue weighted by Gasteiger charge is 2.26. The molecule has 0 radical (unpaired) electrons. The predicted molar refractivity (Wildman–Crippen MR) is 110 cm³/mol. The molecule has 29 heavy (non-hydrogen) atoms. The summed E-state index contributed by atoms with van der Waals surface area (Å²) in [6.07, 6.45) is 5.65. The van der Waals surface area contributed by atoms with E-state index in [1.165, 1.54) is 0 Å². The molecule has 1 atom stereocenters. The third-order valence-corrected chi connectivity index (χ3v) is 5.64. The number of nitrogens with zero attached hydrogens (tertiary/aromatic N) is 1. The fourth-order valence-corrected chi connectivity index (χ4v) is 3.93. The molecule has 3 aliphatic heterocycles. The van der Waals surface area contributed by atoms with Crippen LogP contribution in [0.25, 0.3) is 0 Å². The van der Waals surface area contributed by atoms with Crippen molar-refractivity contribution in [2.24, 2.45) is 5.92 Å². The van der Waals surface area contributed by atoms with Crippen molar-refractivity contribution >= 4 is 29.1 Å². The van der Waals surface area contributed by atoms with Crippen molar-refractivity contribution in [2.45, 2.75) is 25.8 Å². The summed E-state index contributed by atoms with van der Waals surface area (Å²) < 4.78 is 11.2. The highest BCUT2D eigenvalue weighted by atomic mass is 35.5. The maximum atomic E-state index is 12.9. The zero-order chi connectivity index (χ0) is 20.4. The van der Waals surface area contributed by atoms with Crippen LogP contribution in [0.2, 0.25) is 0 Å². The number of likely N-dealkylation sites (tertiary alicyclic amines) is 1. The topological polar surface area (TPSA) is 79.9 Å². The van der Waals surface area contributed by atoms with Crippen LogP contribution in [0.3, 0.4) is 0 Å². The molecule has 0 spiro atoms. The molecule has 1 unspecified atom stereocenters. The van der Waals surface area contributed by atoms with E-state index in [1.807, 2.05) is 24.0 Å². The SMILES string of the molecule is CC1C=CC(OCC2CCN(C(=O)c3ccc4c(c3)NC(=O)CO4)CC2)=C(Cl)N1. The zero-order valence-electron chi connectivity index (χ0n) is 16.2. The van der Waals surface area contributed by atoms with E-state index in [2.05, 4.69) is 10.6 Å². The molecule has 154 valence electrons. The summed E-state index contributed by atoms with van der Waals surface area (Å²) in [5.74, 6) is 1.38. The Labute approximate surface area is 174 Å². The van der Waals surface area contributed by atoms with Crippen LogP contribution in [0.4, 0.5) is 5.69 Å². The van der Waals surface area contributed by atoms with Crippen molar-refractivity contribution < 1.29 is 19.1 Å². The molecule has 0 saturated carbocycles. The Bertz CT molecular complexity index is 875. The second-order valence-electron chi connectivity index (χ2n) is 7.56. The predicted octanol–water partition coefficient (Wildman–Crippen LogP) is 2.84. The average Bonchev–Trinajstić information content (AvgIpc) is 2.72. The molecule has 0 aromatic heterocycles. The van der Waals surface area contributed by atoms with E-state index >= 15 is 0 Å². The molecule has 8 heteroatoms.